The van der Waals surface area contributed by atoms with Gasteiger partial charge in [0.05, 0.1) is 10.2 Å². The SMILES string of the molecule is CC(C)Cc1nc(-c2cccc(C(F)F)c2)nc(N)c1Br. The topological polar surface area (TPSA) is 51.8 Å². The van der Waals surface area contributed by atoms with E-state index in [2.05, 4.69) is 39.7 Å². The number of alkyl halides is 2. The molecule has 0 aliphatic rings. The Hall–Kier alpha value is -1.56. The molecule has 2 N–H and O–H groups in total. The highest BCUT2D eigenvalue weighted by Gasteiger charge is 2.14. The van der Waals surface area contributed by atoms with Gasteiger partial charge in [0.15, 0.2) is 5.82 Å². The molecule has 0 saturated carbocycles. The molecule has 0 atom stereocenters. The van der Waals surface area contributed by atoms with E-state index in [0.717, 1.165) is 12.1 Å². The van der Waals surface area contributed by atoms with Gasteiger partial charge in [-0.15, -0.1) is 0 Å². The Kier molecular flexibility index (Phi) is 4.88. The van der Waals surface area contributed by atoms with Gasteiger partial charge >= 0.3 is 0 Å². The fourth-order valence-corrected chi connectivity index (χ4v) is 2.32. The summed E-state index contributed by atoms with van der Waals surface area (Å²) >= 11 is 3.38. The molecular formula is C15H16BrF2N3. The molecule has 0 bridgehead atoms. The zero-order chi connectivity index (χ0) is 15.6. The quantitative estimate of drug-likeness (QED) is 0.869. The number of hydrogen-bond donors (Lipinski definition) is 1. The number of rotatable bonds is 4. The van der Waals surface area contributed by atoms with Crippen LogP contribution >= 0.6 is 15.9 Å². The van der Waals surface area contributed by atoms with Gasteiger partial charge in [0, 0.05) is 11.1 Å². The predicted octanol–water partition coefficient (Wildman–Crippen LogP) is 4.62. The van der Waals surface area contributed by atoms with Crippen LogP contribution in [0.1, 0.15) is 31.5 Å². The van der Waals surface area contributed by atoms with Crippen molar-refractivity contribution in [2.75, 3.05) is 5.73 Å². The van der Waals surface area contributed by atoms with Crippen molar-refractivity contribution in [1.82, 2.24) is 9.97 Å². The summed E-state index contributed by atoms with van der Waals surface area (Å²) in [7, 11) is 0. The Morgan fingerprint density at radius 2 is 1.95 bits per heavy atom. The van der Waals surface area contributed by atoms with E-state index in [1.54, 1.807) is 12.1 Å². The molecule has 0 amide bonds. The van der Waals surface area contributed by atoms with Crippen molar-refractivity contribution in [1.29, 1.82) is 0 Å². The molecule has 0 aliphatic carbocycles. The lowest BCUT2D eigenvalue weighted by Gasteiger charge is -2.11. The molecule has 6 heteroatoms. The lowest BCUT2D eigenvalue weighted by molar-refractivity contribution is 0.151. The Bertz CT molecular complexity index is 645. The Morgan fingerprint density at radius 3 is 2.57 bits per heavy atom. The van der Waals surface area contributed by atoms with Gasteiger partial charge in [0.2, 0.25) is 0 Å². The van der Waals surface area contributed by atoms with E-state index >= 15 is 0 Å². The molecule has 2 aromatic rings. The molecule has 2 rings (SSSR count). The summed E-state index contributed by atoms with van der Waals surface area (Å²) in [4.78, 5) is 8.65. The molecular weight excluding hydrogens is 340 g/mol. The zero-order valence-corrected chi connectivity index (χ0v) is 13.4. The van der Waals surface area contributed by atoms with E-state index in [1.165, 1.54) is 12.1 Å². The second kappa shape index (κ2) is 6.47. The van der Waals surface area contributed by atoms with Gasteiger partial charge in [-0.25, -0.2) is 18.7 Å². The molecule has 0 unspecified atom stereocenters. The average molecular weight is 356 g/mol. The first kappa shape index (κ1) is 15.8. The van der Waals surface area contributed by atoms with Gasteiger partial charge in [-0.2, -0.15) is 0 Å². The molecule has 0 fully saturated rings. The third-order valence-electron chi connectivity index (χ3n) is 2.94. The van der Waals surface area contributed by atoms with Crippen molar-refractivity contribution in [3.63, 3.8) is 0 Å². The Morgan fingerprint density at radius 1 is 1.24 bits per heavy atom. The Balaban J connectivity index is 2.49. The summed E-state index contributed by atoms with van der Waals surface area (Å²) in [5.41, 5.74) is 7.16. The highest BCUT2D eigenvalue weighted by atomic mass is 79.9. The molecule has 1 aromatic carbocycles. The highest BCUT2D eigenvalue weighted by molar-refractivity contribution is 9.10. The maximum Gasteiger partial charge on any atom is 0.263 e. The van der Waals surface area contributed by atoms with Crippen LogP contribution in [0.5, 0.6) is 0 Å². The van der Waals surface area contributed by atoms with Crippen LogP contribution in [0.2, 0.25) is 0 Å². The van der Waals surface area contributed by atoms with Gasteiger partial charge < -0.3 is 5.73 Å². The molecule has 1 heterocycles. The number of halogens is 3. The van der Waals surface area contributed by atoms with Crippen LogP contribution in [0.15, 0.2) is 28.7 Å². The molecule has 0 saturated heterocycles. The predicted molar refractivity (Wildman–Crippen MR) is 83.1 cm³/mol. The smallest absolute Gasteiger partial charge is 0.263 e. The maximum atomic E-state index is 12.8. The standard InChI is InChI=1S/C15H16BrF2N3/c1-8(2)6-11-12(16)14(19)21-15(20-11)10-5-3-4-9(7-10)13(17)18/h3-5,7-8,13H,6H2,1-2H3,(H2,19,20,21). The van der Waals surface area contributed by atoms with Gasteiger partial charge in [0.1, 0.15) is 5.82 Å². The van der Waals surface area contributed by atoms with Crippen LogP contribution in [0.4, 0.5) is 14.6 Å². The summed E-state index contributed by atoms with van der Waals surface area (Å²) in [6, 6.07) is 6.05. The van der Waals surface area contributed by atoms with Gasteiger partial charge in [-0.05, 0) is 34.3 Å². The van der Waals surface area contributed by atoms with Crippen LogP contribution < -0.4 is 5.73 Å². The molecule has 0 aliphatic heterocycles. The van der Waals surface area contributed by atoms with Crippen molar-refractivity contribution < 1.29 is 8.78 Å². The number of benzene rings is 1. The van der Waals surface area contributed by atoms with E-state index in [-0.39, 0.29) is 5.56 Å². The summed E-state index contributed by atoms with van der Waals surface area (Å²) in [6.45, 7) is 4.14. The number of nitrogens with zero attached hydrogens (tertiary/aromatic N) is 2. The third kappa shape index (κ3) is 3.75. The second-order valence-corrected chi connectivity index (χ2v) is 6.01. The van der Waals surface area contributed by atoms with E-state index in [1.807, 2.05) is 0 Å². The minimum absolute atomic E-state index is 0.0528. The van der Waals surface area contributed by atoms with Crippen molar-refractivity contribution in [2.45, 2.75) is 26.7 Å². The Labute approximate surface area is 130 Å². The lowest BCUT2D eigenvalue weighted by Crippen LogP contribution is -2.05. The first-order valence-corrected chi connectivity index (χ1v) is 7.38. The van der Waals surface area contributed by atoms with Crippen molar-refractivity contribution in [3.05, 3.63) is 40.0 Å². The molecule has 112 valence electrons. The number of nitrogens with two attached hydrogens (primary N) is 1. The highest BCUT2D eigenvalue weighted by Crippen LogP contribution is 2.28. The molecule has 21 heavy (non-hydrogen) atoms. The monoisotopic (exact) mass is 355 g/mol. The van der Waals surface area contributed by atoms with Crippen LogP contribution in [0.25, 0.3) is 11.4 Å². The van der Waals surface area contributed by atoms with Crippen molar-refractivity contribution in [3.8, 4) is 11.4 Å². The first-order chi connectivity index (χ1) is 9.88. The lowest BCUT2D eigenvalue weighted by atomic mass is 10.1. The summed E-state index contributed by atoms with van der Waals surface area (Å²) in [6.07, 6.45) is -1.79. The summed E-state index contributed by atoms with van der Waals surface area (Å²) in [5, 5.41) is 0. The van der Waals surface area contributed by atoms with Crippen LogP contribution in [0.3, 0.4) is 0 Å². The molecule has 1 aromatic heterocycles. The second-order valence-electron chi connectivity index (χ2n) is 5.22. The molecule has 3 nitrogen and oxygen atoms in total. The van der Waals surface area contributed by atoms with E-state index < -0.39 is 6.43 Å². The van der Waals surface area contributed by atoms with Crippen LogP contribution in [-0.4, -0.2) is 9.97 Å². The molecule has 0 radical (unpaired) electrons. The minimum atomic E-state index is -2.52. The fourth-order valence-electron chi connectivity index (χ4n) is 1.98. The van der Waals surface area contributed by atoms with Crippen molar-refractivity contribution in [2.24, 2.45) is 5.92 Å². The first-order valence-electron chi connectivity index (χ1n) is 6.59. The largest absolute Gasteiger partial charge is 0.383 e. The van der Waals surface area contributed by atoms with Gasteiger partial charge in [-0.1, -0.05) is 32.0 Å². The normalized spacial score (nSPS) is 11.4. The number of anilines is 1. The maximum absolute atomic E-state index is 12.8. The van der Waals surface area contributed by atoms with E-state index in [4.69, 9.17) is 5.73 Å². The summed E-state index contributed by atoms with van der Waals surface area (Å²) < 4.78 is 26.2. The van der Waals surface area contributed by atoms with Gasteiger partial charge in [-0.3, -0.25) is 0 Å². The van der Waals surface area contributed by atoms with Gasteiger partial charge in [0.25, 0.3) is 6.43 Å². The van der Waals surface area contributed by atoms with E-state index in [9.17, 15) is 8.78 Å². The molecule has 0 spiro atoms. The van der Waals surface area contributed by atoms with Crippen molar-refractivity contribution >= 4 is 21.7 Å². The third-order valence-corrected chi connectivity index (χ3v) is 3.81. The average Bonchev–Trinajstić information content (AvgIpc) is 2.43. The zero-order valence-electron chi connectivity index (χ0n) is 11.8. The van der Waals surface area contributed by atoms with Crippen LogP contribution in [-0.2, 0) is 6.42 Å². The fraction of sp³-hybridized carbons (Fsp3) is 0.333. The minimum Gasteiger partial charge on any atom is -0.383 e. The van der Waals surface area contributed by atoms with E-state index in [0.29, 0.717) is 27.6 Å². The van der Waals surface area contributed by atoms with Crippen LogP contribution in [0, 0.1) is 5.92 Å². The number of hydrogen-bond acceptors (Lipinski definition) is 3. The number of aromatic nitrogens is 2. The summed E-state index contributed by atoms with van der Waals surface area (Å²) in [5.74, 6) is 1.09. The number of nitrogen functional groups attached to an aromatic ring is 1.